The summed E-state index contributed by atoms with van der Waals surface area (Å²) in [7, 11) is 1.59. The molecular weight excluding hydrogens is 460 g/mol. The van der Waals surface area contributed by atoms with E-state index in [1.165, 1.54) is 22.7 Å². The van der Waals surface area contributed by atoms with Gasteiger partial charge in [0, 0.05) is 23.7 Å². The Hall–Kier alpha value is -2.95. The number of ether oxygens (including phenoxy) is 2. The van der Waals surface area contributed by atoms with Gasteiger partial charge in [-0.05, 0) is 36.7 Å². The lowest BCUT2D eigenvalue weighted by atomic mass is 10.2. The van der Waals surface area contributed by atoms with E-state index in [2.05, 4.69) is 34.4 Å². The molecule has 1 aromatic carbocycles. The molecule has 0 atom stereocenters. The number of amides is 2. The first-order valence-electron chi connectivity index (χ1n) is 10.6. The summed E-state index contributed by atoms with van der Waals surface area (Å²) in [5.74, 6) is 0.769. The summed E-state index contributed by atoms with van der Waals surface area (Å²) in [4.78, 5) is 31.9. The minimum Gasteiger partial charge on any atom is -0.493 e. The van der Waals surface area contributed by atoms with Gasteiger partial charge in [-0.1, -0.05) is 19.9 Å². The molecule has 0 aliphatic rings. The summed E-state index contributed by atoms with van der Waals surface area (Å²) < 4.78 is 11.3. The van der Waals surface area contributed by atoms with Crippen LogP contribution in [0.25, 0.3) is 0 Å². The summed E-state index contributed by atoms with van der Waals surface area (Å²) in [6, 6.07) is 8.86. The Bertz CT molecular complexity index is 1050. The second-order valence-electron chi connectivity index (χ2n) is 7.04. The fourth-order valence-electron chi connectivity index (χ4n) is 3.07. The molecule has 2 amide bonds. The molecule has 8 nitrogen and oxygen atoms in total. The molecule has 0 saturated carbocycles. The number of aromatic nitrogens is 1. The second-order valence-corrected chi connectivity index (χ2v) is 8.85. The average molecular weight is 489 g/mol. The highest BCUT2D eigenvalue weighted by Gasteiger charge is 2.13. The third-order valence-electron chi connectivity index (χ3n) is 4.87. The van der Waals surface area contributed by atoms with E-state index >= 15 is 0 Å². The number of anilines is 2. The number of nitrogens with one attached hydrogen (secondary N) is 2. The van der Waals surface area contributed by atoms with Gasteiger partial charge in [0.25, 0.3) is 5.91 Å². The van der Waals surface area contributed by atoms with E-state index in [0.29, 0.717) is 39.5 Å². The third-order valence-corrected chi connectivity index (χ3v) is 6.54. The fourth-order valence-corrected chi connectivity index (χ4v) is 4.40. The van der Waals surface area contributed by atoms with Crippen LogP contribution >= 0.6 is 22.7 Å². The molecule has 0 fully saturated rings. The zero-order valence-electron chi connectivity index (χ0n) is 18.9. The van der Waals surface area contributed by atoms with Crippen molar-refractivity contribution in [2.75, 3.05) is 44.0 Å². The molecule has 0 bridgehead atoms. The number of methoxy groups -OCH3 is 1. The number of carbonyl (C=O) groups is 2. The maximum absolute atomic E-state index is 12.5. The van der Waals surface area contributed by atoms with Crippen LogP contribution in [0.1, 0.15) is 29.2 Å². The number of rotatable bonds is 12. The van der Waals surface area contributed by atoms with Gasteiger partial charge >= 0.3 is 0 Å². The zero-order chi connectivity index (χ0) is 23.6. The standard InChI is InChI=1S/C23H28N4O4S2/c1-4-27(5-2)10-11-31-19-13-16(8-9-18(19)30-3)24-21(28)14-17-15-33-23(25-17)26-22(29)20-7-6-12-32-20/h6-9,12-13,15H,4-5,10-11,14H2,1-3H3,(H,24,28)(H,25,26,29). The van der Waals surface area contributed by atoms with Crippen LogP contribution < -0.4 is 20.1 Å². The van der Waals surface area contributed by atoms with Crippen molar-refractivity contribution < 1.29 is 19.1 Å². The predicted octanol–water partition coefficient (Wildman–Crippen LogP) is 4.37. The van der Waals surface area contributed by atoms with Crippen molar-refractivity contribution in [1.29, 1.82) is 0 Å². The molecule has 0 spiro atoms. The maximum Gasteiger partial charge on any atom is 0.267 e. The van der Waals surface area contributed by atoms with Crippen molar-refractivity contribution in [2.45, 2.75) is 20.3 Å². The Kier molecular flexibility index (Phi) is 9.23. The van der Waals surface area contributed by atoms with Gasteiger partial charge < -0.3 is 19.7 Å². The molecule has 0 saturated heterocycles. The summed E-state index contributed by atoms with van der Waals surface area (Å²) in [5, 5.41) is 9.69. The summed E-state index contributed by atoms with van der Waals surface area (Å²) >= 11 is 2.65. The quantitative estimate of drug-likeness (QED) is 0.393. The summed E-state index contributed by atoms with van der Waals surface area (Å²) in [6.45, 7) is 7.48. The van der Waals surface area contributed by atoms with E-state index in [4.69, 9.17) is 9.47 Å². The Balaban J connectivity index is 1.55. The van der Waals surface area contributed by atoms with E-state index < -0.39 is 0 Å². The highest BCUT2D eigenvalue weighted by atomic mass is 32.1. The second kappa shape index (κ2) is 12.3. The van der Waals surface area contributed by atoms with Crippen LogP contribution in [0, 0.1) is 0 Å². The lowest BCUT2D eigenvalue weighted by Gasteiger charge is -2.19. The topological polar surface area (TPSA) is 92.8 Å². The van der Waals surface area contributed by atoms with Crippen LogP contribution in [0.2, 0.25) is 0 Å². The Labute approximate surface area is 201 Å². The Morgan fingerprint density at radius 3 is 2.61 bits per heavy atom. The molecule has 2 aromatic heterocycles. The minimum atomic E-state index is -0.212. The molecule has 0 unspecified atom stereocenters. The summed E-state index contributed by atoms with van der Waals surface area (Å²) in [6.07, 6.45) is 0.0928. The van der Waals surface area contributed by atoms with Crippen LogP contribution in [0.3, 0.4) is 0 Å². The first-order chi connectivity index (χ1) is 16.0. The molecule has 176 valence electrons. The number of likely N-dealkylation sites (N-methyl/N-ethyl adjacent to an activating group) is 1. The van der Waals surface area contributed by atoms with Gasteiger partial charge in [-0.25, -0.2) is 4.98 Å². The Morgan fingerprint density at radius 1 is 1.09 bits per heavy atom. The molecular formula is C23H28N4O4S2. The first-order valence-corrected chi connectivity index (χ1v) is 12.4. The lowest BCUT2D eigenvalue weighted by Crippen LogP contribution is -2.28. The molecule has 0 aliphatic carbocycles. The van der Waals surface area contributed by atoms with Crippen LogP contribution in [-0.2, 0) is 11.2 Å². The number of hydrogen-bond donors (Lipinski definition) is 2. The van der Waals surface area contributed by atoms with Crippen molar-refractivity contribution in [3.63, 3.8) is 0 Å². The van der Waals surface area contributed by atoms with Gasteiger partial charge in [0.05, 0.1) is 24.1 Å². The molecule has 3 aromatic rings. The Morgan fingerprint density at radius 2 is 1.91 bits per heavy atom. The van der Waals surface area contributed by atoms with Crippen molar-refractivity contribution in [3.05, 3.63) is 51.7 Å². The van der Waals surface area contributed by atoms with Crippen molar-refractivity contribution in [3.8, 4) is 11.5 Å². The van der Waals surface area contributed by atoms with Gasteiger partial charge in [-0.2, -0.15) is 0 Å². The van der Waals surface area contributed by atoms with Crippen LogP contribution in [0.15, 0.2) is 41.1 Å². The van der Waals surface area contributed by atoms with E-state index in [1.807, 2.05) is 11.4 Å². The average Bonchev–Trinajstić information content (AvgIpc) is 3.49. The molecule has 0 radical (unpaired) electrons. The number of nitrogens with zero attached hydrogens (tertiary/aromatic N) is 2. The van der Waals surface area contributed by atoms with Crippen LogP contribution in [0.4, 0.5) is 10.8 Å². The number of hydrogen-bond acceptors (Lipinski definition) is 8. The monoisotopic (exact) mass is 488 g/mol. The van der Waals surface area contributed by atoms with E-state index in [9.17, 15) is 9.59 Å². The molecule has 33 heavy (non-hydrogen) atoms. The van der Waals surface area contributed by atoms with Gasteiger partial charge in [0.15, 0.2) is 16.6 Å². The largest absolute Gasteiger partial charge is 0.493 e. The number of carbonyl (C=O) groups excluding carboxylic acids is 2. The van der Waals surface area contributed by atoms with Crippen molar-refractivity contribution in [2.24, 2.45) is 0 Å². The zero-order valence-corrected chi connectivity index (χ0v) is 20.6. The lowest BCUT2D eigenvalue weighted by molar-refractivity contribution is -0.115. The van der Waals surface area contributed by atoms with Gasteiger partial charge in [0.1, 0.15) is 6.61 Å². The predicted molar refractivity (Wildman–Crippen MR) is 133 cm³/mol. The van der Waals surface area contributed by atoms with Gasteiger partial charge in [0.2, 0.25) is 5.91 Å². The van der Waals surface area contributed by atoms with Crippen molar-refractivity contribution in [1.82, 2.24) is 9.88 Å². The third kappa shape index (κ3) is 7.28. The molecule has 3 rings (SSSR count). The van der Waals surface area contributed by atoms with E-state index in [0.717, 1.165) is 19.6 Å². The van der Waals surface area contributed by atoms with Crippen LogP contribution in [0.5, 0.6) is 11.5 Å². The van der Waals surface area contributed by atoms with Gasteiger partial charge in [-0.15, -0.1) is 22.7 Å². The maximum atomic E-state index is 12.5. The molecule has 10 heteroatoms. The van der Waals surface area contributed by atoms with Crippen molar-refractivity contribution >= 4 is 45.3 Å². The summed E-state index contributed by atoms with van der Waals surface area (Å²) in [5.41, 5.74) is 1.20. The van der Waals surface area contributed by atoms with E-state index in [-0.39, 0.29) is 18.2 Å². The van der Waals surface area contributed by atoms with Gasteiger partial charge in [-0.3, -0.25) is 14.9 Å². The fraction of sp³-hybridized carbons (Fsp3) is 0.348. The minimum absolute atomic E-state index is 0.0928. The van der Waals surface area contributed by atoms with E-state index in [1.54, 1.807) is 36.8 Å². The number of thiophene rings is 1. The van der Waals surface area contributed by atoms with Crippen LogP contribution in [-0.4, -0.2) is 55.0 Å². The number of benzene rings is 1. The molecule has 2 heterocycles. The first kappa shape index (κ1) is 24.7. The number of thiazole rings is 1. The SMILES string of the molecule is CCN(CC)CCOc1cc(NC(=O)Cc2csc(NC(=O)c3cccs3)n2)ccc1OC. The molecule has 2 N–H and O–H groups in total. The highest BCUT2D eigenvalue weighted by molar-refractivity contribution is 7.14. The molecule has 0 aliphatic heterocycles. The highest BCUT2D eigenvalue weighted by Crippen LogP contribution is 2.30. The normalized spacial score (nSPS) is 10.8. The smallest absolute Gasteiger partial charge is 0.267 e.